The number of carboxylic acid groups (broad SMARTS) is 1. The third-order valence-electron chi connectivity index (χ3n) is 7.10. The Balaban J connectivity index is 1.09. The molecule has 2 fully saturated rings. The van der Waals surface area contributed by atoms with Crippen molar-refractivity contribution in [1.29, 1.82) is 0 Å². The number of nitrogens with zero attached hydrogens (tertiary/aromatic N) is 2. The van der Waals surface area contributed by atoms with Crippen LogP contribution in [0, 0.1) is 5.92 Å². The van der Waals surface area contributed by atoms with Crippen molar-refractivity contribution < 1.29 is 32.9 Å². The zero-order chi connectivity index (χ0) is 25.5. The van der Waals surface area contributed by atoms with E-state index >= 15 is 0 Å². The molecule has 0 spiro atoms. The van der Waals surface area contributed by atoms with Crippen molar-refractivity contribution in [2.45, 2.75) is 69.6 Å². The average Bonchev–Trinajstić information content (AvgIpc) is 3.24. The second kappa shape index (κ2) is 12.8. The second-order valence-corrected chi connectivity index (χ2v) is 10.8. The lowest BCUT2D eigenvalue weighted by molar-refractivity contribution is -0.140. The van der Waals surface area contributed by atoms with Gasteiger partial charge in [0.15, 0.2) is 11.1 Å². The van der Waals surface area contributed by atoms with Crippen LogP contribution in [0.1, 0.15) is 49.8 Å². The first-order valence-electron chi connectivity index (χ1n) is 12.7. The summed E-state index contributed by atoms with van der Waals surface area (Å²) in [6.45, 7) is 2.12. The van der Waals surface area contributed by atoms with E-state index in [2.05, 4.69) is 22.8 Å². The van der Waals surface area contributed by atoms with Crippen molar-refractivity contribution >= 4 is 29.0 Å². The fraction of sp³-hybridized carbons (Fsp3) is 0.708. The van der Waals surface area contributed by atoms with Gasteiger partial charge in [0.25, 0.3) is 0 Å². The van der Waals surface area contributed by atoms with Crippen LogP contribution in [0.4, 0.5) is 10.6 Å². The maximum Gasteiger partial charge on any atom is 0.408 e. The van der Waals surface area contributed by atoms with Crippen LogP contribution in [0.2, 0.25) is 0 Å². The molecule has 0 aromatic carbocycles. The van der Waals surface area contributed by atoms with Gasteiger partial charge in [-0.1, -0.05) is 6.07 Å². The summed E-state index contributed by atoms with van der Waals surface area (Å²) < 4.78 is 31.0. The quantitative estimate of drug-likeness (QED) is 0.299. The van der Waals surface area contributed by atoms with Gasteiger partial charge in [0, 0.05) is 38.4 Å². The molecule has 11 nitrogen and oxygen atoms in total. The highest BCUT2D eigenvalue weighted by molar-refractivity contribution is 7.79. The number of anilines is 1. The number of likely N-dealkylation sites (tertiary alicyclic amines) is 1. The number of fused-ring (bicyclic) bond motifs is 1. The Hall–Kier alpha value is -2.28. The third kappa shape index (κ3) is 7.86. The van der Waals surface area contributed by atoms with Gasteiger partial charge in [-0.25, -0.2) is 18.8 Å². The van der Waals surface area contributed by atoms with Crippen LogP contribution in [0.3, 0.4) is 0 Å². The van der Waals surface area contributed by atoms with Gasteiger partial charge < -0.3 is 29.8 Å². The van der Waals surface area contributed by atoms with Crippen LogP contribution in [0.5, 0.6) is 0 Å². The molecule has 1 saturated carbocycles. The molecule has 1 saturated heterocycles. The standard InChI is InChI=1S/C24H36N4O7S/c29-23(30)21(27-24(31)35-19-7-10-28(14-19)15-36(32)33)8-11-34-20-12-16(13-20)3-5-18-6-4-17-2-1-9-25-22(17)26-18/h4,6,16,19-21H,1-3,5,7-15H2,(H,25,26)(H,27,31)(H,29,30)(H,32,33)/t16?,19?,20?,21-/m0/s1. The molecule has 4 rings (SSSR count). The molecule has 2 unspecified atom stereocenters. The van der Waals surface area contributed by atoms with Crippen LogP contribution in [-0.4, -0.2) is 86.2 Å². The summed E-state index contributed by atoms with van der Waals surface area (Å²) in [5, 5.41) is 15.2. The van der Waals surface area contributed by atoms with Crippen molar-refractivity contribution in [2.24, 2.45) is 5.92 Å². The van der Waals surface area contributed by atoms with Gasteiger partial charge in [-0.15, -0.1) is 0 Å². The van der Waals surface area contributed by atoms with E-state index in [1.165, 1.54) is 5.56 Å². The lowest BCUT2D eigenvalue weighted by Gasteiger charge is -2.35. The van der Waals surface area contributed by atoms with E-state index < -0.39 is 35.3 Å². The summed E-state index contributed by atoms with van der Waals surface area (Å²) in [6, 6.07) is 3.21. The monoisotopic (exact) mass is 524 g/mol. The number of amides is 1. The van der Waals surface area contributed by atoms with Gasteiger partial charge in [-0.05, 0) is 62.5 Å². The van der Waals surface area contributed by atoms with E-state index in [-0.39, 0.29) is 25.0 Å². The van der Waals surface area contributed by atoms with Gasteiger partial charge >= 0.3 is 12.1 Å². The lowest BCUT2D eigenvalue weighted by atomic mass is 9.79. The first-order valence-corrected chi connectivity index (χ1v) is 14.0. The van der Waals surface area contributed by atoms with E-state index in [9.17, 15) is 18.9 Å². The molecule has 36 heavy (non-hydrogen) atoms. The van der Waals surface area contributed by atoms with Crippen LogP contribution in [-0.2, 0) is 38.2 Å². The minimum absolute atomic E-state index is 0.000980. The SMILES string of the molecule is O=C(N[C@@H](CCOC1CC(CCc2ccc3c(n2)NCCC3)C1)C(=O)O)OC1CCN(CS(=O)O)C1. The van der Waals surface area contributed by atoms with E-state index in [1.807, 2.05) is 0 Å². The molecule has 1 aromatic heterocycles. The summed E-state index contributed by atoms with van der Waals surface area (Å²) in [4.78, 5) is 30.2. The Kier molecular flexibility index (Phi) is 9.52. The van der Waals surface area contributed by atoms with Crippen LogP contribution >= 0.6 is 0 Å². The second-order valence-electron chi connectivity index (χ2n) is 9.88. The number of rotatable bonds is 12. The molecule has 3 heterocycles. The highest BCUT2D eigenvalue weighted by atomic mass is 32.2. The molecule has 3 atom stereocenters. The first-order chi connectivity index (χ1) is 17.4. The Labute approximate surface area is 213 Å². The molecule has 12 heteroatoms. The lowest BCUT2D eigenvalue weighted by Crippen LogP contribution is -2.43. The van der Waals surface area contributed by atoms with Crippen molar-refractivity contribution in [3.8, 4) is 0 Å². The zero-order valence-electron chi connectivity index (χ0n) is 20.4. The third-order valence-corrected chi connectivity index (χ3v) is 7.69. The number of hydrogen-bond acceptors (Lipinski definition) is 8. The van der Waals surface area contributed by atoms with Gasteiger partial charge in [0.2, 0.25) is 0 Å². The summed E-state index contributed by atoms with van der Waals surface area (Å²) in [5.74, 6) is 0.473. The normalized spacial score (nSPS) is 25.2. The fourth-order valence-electron chi connectivity index (χ4n) is 5.01. The van der Waals surface area contributed by atoms with Crippen molar-refractivity contribution in [2.75, 3.05) is 37.4 Å². The first kappa shape index (κ1) is 26.8. The summed E-state index contributed by atoms with van der Waals surface area (Å²) >= 11 is -1.94. The zero-order valence-corrected chi connectivity index (χ0v) is 21.2. The largest absolute Gasteiger partial charge is 0.480 e. The molecule has 200 valence electrons. The average molecular weight is 525 g/mol. The van der Waals surface area contributed by atoms with Gasteiger partial charge in [-0.3, -0.25) is 4.90 Å². The number of nitrogens with one attached hydrogen (secondary N) is 2. The highest BCUT2D eigenvalue weighted by Gasteiger charge is 2.31. The molecule has 3 aliphatic rings. The fourth-order valence-corrected chi connectivity index (χ4v) is 5.56. The Bertz CT molecular complexity index is 943. The van der Waals surface area contributed by atoms with Gasteiger partial charge in [0.1, 0.15) is 23.8 Å². The highest BCUT2D eigenvalue weighted by Crippen LogP contribution is 2.34. The minimum Gasteiger partial charge on any atom is -0.480 e. The number of carboxylic acids is 1. The van der Waals surface area contributed by atoms with E-state index in [0.717, 1.165) is 56.6 Å². The molecule has 4 N–H and O–H groups in total. The van der Waals surface area contributed by atoms with E-state index in [4.69, 9.17) is 19.0 Å². The van der Waals surface area contributed by atoms with Gasteiger partial charge in [0.05, 0.1) is 6.10 Å². The number of aromatic nitrogens is 1. The summed E-state index contributed by atoms with van der Waals surface area (Å²) in [7, 11) is 0. The maximum absolute atomic E-state index is 12.1. The number of aryl methyl sites for hydroxylation is 2. The van der Waals surface area contributed by atoms with Crippen molar-refractivity contribution in [3.05, 3.63) is 23.4 Å². The van der Waals surface area contributed by atoms with E-state index in [0.29, 0.717) is 25.4 Å². The predicted octanol–water partition coefficient (Wildman–Crippen LogP) is 1.99. The number of ether oxygens (including phenoxy) is 2. The van der Waals surface area contributed by atoms with Crippen molar-refractivity contribution in [3.63, 3.8) is 0 Å². The van der Waals surface area contributed by atoms with Crippen LogP contribution in [0.15, 0.2) is 12.1 Å². The topological polar surface area (TPSA) is 150 Å². The van der Waals surface area contributed by atoms with Gasteiger partial charge in [-0.2, -0.15) is 0 Å². The van der Waals surface area contributed by atoms with Crippen molar-refractivity contribution in [1.82, 2.24) is 15.2 Å². The minimum atomic E-state index is -1.94. The van der Waals surface area contributed by atoms with Crippen LogP contribution in [0.25, 0.3) is 0 Å². The number of alkyl carbamates (subject to hydrolysis) is 1. The van der Waals surface area contributed by atoms with E-state index in [1.54, 1.807) is 4.90 Å². The Morgan fingerprint density at radius 2 is 2.14 bits per heavy atom. The summed E-state index contributed by atoms with van der Waals surface area (Å²) in [5.41, 5.74) is 2.41. The Morgan fingerprint density at radius 3 is 2.92 bits per heavy atom. The van der Waals surface area contributed by atoms with Crippen LogP contribution < -0.4 is 10.6 Å². The molecule has 0 radical (unpaired) electrons. The Morgan fingerprint density at radius 1 is 1.31 bits per heavy atom. The number of aliphatic carboxylic acids is 1. The maximum atomic E-state index is 12.1. The molecule has 1 amide bonds. The predicted molar refractivity (Wildman–Crippen MR) is 133 cm³/mol. The summed E-state index contributed by atoms with van der Waals surface area (Å²) in [6.07, 6.45) is 5.72. The molecular weight excluding hydrogens is 488 g/mol. The number of pyridine rings is 1. The number of carbonyl (C=O) groups is 2. The smallest absolute Gasteiger partial charge is 0.408 e. The molecule has 1 aromatic rings. The molecule has 1 aliphatic carbocycles. The molecular formula is C24H36N4O7S. The number of carbonyl (C=O) groups excluding carboxylic acids is 1. The molecule has 0 bridgehead atoms. The molecule has 2 aliphatic heterocycles. The number of hydrogen-bond donors (Lipinski definition) is 4.